The third kappa shape index (κ3) is 1.31. The molecule has 2 bridgehead atoms. The van der Waals surface area contributed by atoms with Gasteiger partial charge in [-0.15, -0.1) is 0 Å². The van der Waals surface area contributed by atoms with E-state index in [1.54, 1.807) is 0 Å². The van der Waals surface area contributed by atoms with Gasteiger partial charge in [-0.05, 0) is 30.1 Å². The van der Waals surface area contributed by atoms with Crippen LogP contribution in [0.2, 0.25) is 0 Å². The summed E-state index contributed by atoms with van der Waals surface area (Å²) >= 11 is 0. The monoisotopic (exact) mass is 278 g/mol. The van der Waals surface area contributed by atoms with Gasteiger partial charge in [-0.3, -0.25) is 14.4 Å². The number of carbonyl (C=O) groups excluding carboxylic acids is 3. The molecule has 0 N–H and O–H groups in total. The fourth-order valence-electron chi connectivity index (χ4n) is 5.86. The van der Waals surface area contributed by atoms with E-state index in [4.69, 9.17) is 9.47 Å². The molecule has 4 fully saturated rings. The summed E-state index contributed by atoms with van der Waals surface area (Å²) in [4.78, 5) is 35.2. The molecular formula is C15H18O5. The largest absolute Gasteiger partial charge is 0.422 e. The Balaban J connectivity index is 1.77. The zero-order chi connectivity index (χ0) is 14.2. The molecule has 0 unspecified atom stereocenters. The topological polar surface area (TPSA) is 69.7 Å². The van der Waals surface area contributed by atoms with E-state index in [2.05, 4.69) is 0 Å². The number of ether oxygens (including phenoxy) is 2. The van der Waals surface area contributed by atoms with Crippen molar-refractivity contribution in [2.45, 2.75) is 38.9 Å². The maximum Gasteiger partial charge on any atom is 0.305 e. The van der Waals surface area contributed by atoms with Crippen molar-refractivity contribution in [2.24, 2.45) is 35.5 Å². The lowest BCUT2D eigenvalue weighted by Crippen LogP contribution is -2.46. The number of rotatable bonds is 2. The smallest absolute Gasteiger partial charge is 0.305 e. The molecule has 20 heavy (non-hydrogen) atoms. The van der Waals surface area contributed by atoms with Gasteiger partial charge in [-0.2, -0.15) is 0 Å². The van der Waals surface area contributed by atoms with Gasteiger partial charge in [-0.1, -0.05) is 0 Å². The van der Waals surface area contributed by atoms with Crippen LogP contribution in [0.25, 0.3) is 0 Å². The van der Waals surface area contributed by atoms with Gasteiger partial charge in [0.05, 0.1) is 0 Å². The van der Waals surface area contributed by atoms with Crippen LogP contribution in [0.4, 0.5) is 0 Å². The van der Waals surface area contributed by atoms with Gasteiger partial charge >= 0.3 is 11.9 Å². The molecule has 4 aliphatic carbocycles. The number of ketones is 1. The highest BCUT2D eigenvalue weighted by atomic mass is 16.7. The third-order valence-corrected chi connectivity index (χ3v) is 5.97. The highest BCUT2D eigenvalue weighted by Crippen LogP contribution is 2.72. The van der Waals surface area contributed by atoms with Crippen molar-refractivity contribution in [2.75, 3.05) is 0 Å². The Bertz CT molecular complexity index is 508. The van der Waals surface area contributed by atoms with Crippen molar-refractivity contribution in [1.29, 1.82) is 0 Å². The zero-order valence-corrected chi connectivity index (χ0v) is 11.6. The van der Waals surface area contributed by atoms with Crippen LogP contribution in [-0.2, 0) is 23.9 Å². The second-order valence-corrected chi connectivity index (χ2v) is 6.82. The summed E-state index contributed by atoms with van der Waals surface area (Å²) in [5, 5.41) is 0. The quantitative estimate of drug-likeness (QED) is 0.562. The Hall–Kier alpha value is -1.39. The number of esters is 2. The SMILES string of the molecule is CC(=O)OC1(OC(C)=O)C[C@@H]2[C@@H]3CC(=O)[C@H]4[C@@H]3C[C@H]2[C@H]41. The van der Waals surface area contributed by atoms with Gasteiger partial charge < -0.3 is 9.47 Å². The van der Waals surface area contributed by atoms with Gasteiger partial charge in [0.1, 0.15) is 5.78 Å². The van der Waals surface area contributed by atoms with Crippen molar-refractivity contribution >= 4 is 17.7 Å². The van der Waals surface area contributed by atoms with E-state index in [9.17, 15) is 14.4 Å². The Morgan fingerprint density at radius 2 is 1.70 bits per heavy atom. The van der Waals surface area contributed by atoms with Crippen LogP contribution < -0.4 is 0 Å². The first-order valence-electron chi connectivity index (χ1n) is 7.35. The van der Waals surface area contributed by atoms with Crippen molar-refractivity contribution in [3.05, 3.63) is 0 Å². The van der Waals surface area contributed by atoms with E-state index >= 15 is 0 Å². The summed E-state index contributed by atoms with van der Waals surface area (Å²) in [7, 11) is 0. The predicted octanol–water partition coefficient (Wildman–Crippen LogP) is 1.30. The van der Waals surface area contributed by atoms with Crippen LogP contribution in [0, 0.1) is 35.5 Å². The molecule has 108 valence electrons. The molecule has 4 aliphatic rings. The predicted molar refractivity (Wildman–Crippen MR) is 66.1 cm³/mol. The van der Waals surface area contributed by atoms with Gasteiger partial charge in [-0.25, -0.2) is 0 Å². The molecule has 0 aromatic carbocycles. The minimum absolute atomic E-state index is 0.0672. The van der Waals surface area contributed by atoms with Crippen molar-refractivity contribution in [3.63, 3.8) is 0 Å². The van der Waals surface area contributed by atoms with E-state index < -0.39 is 17.7 Å². The molecule has 0 saturated heterocycles. The van der Waals surface area contributed by atoms with Crippen molar-refractivity contribution in [1.82, 2.24) is 0 Å². The van der Waals surface area contributed by atoms with E-state index in [1.807, 2.05) is 0 Å². The number of hydrogen-bond acceptors (Lipinski definition) is 5. The molecule has 4 rings (SSSR count). The standard InChI is InChI=1S/C15H18O5/c1-6(16)19-15(20-7(2)17)5-11-8-4-12(18)13-9(8)3-10(11)14(13)15/h8-11,13-14H,3-5H2,1-2H3/t8-,9-,10-,11-,13-,14-/m1/s1. The van der Waals surface area contributed by atoms with Crippen molar-refractivity contribution in [3.8, 4) is 0 Å². The molecule has 4 saturated carbocycles. The maximum atomic E-state index is 12.3. The summed E-state index contributed by atoms with van der Waals surface area (Å²) in [6.07, 6.45) is 2.27. The van der Waals surface area contributed by atoms with Crippen LogP contribution in [0.1, 0.15) is 33.1 Å². The average molecular weight is 278 g/mol. The molecule has 0 heterocycles. The minimum atomic E-state index is -1.18. The molecular weight excluding hydrogens is 260 g/mol. The highest BCUT2D eigenvalue weighted by molar-refractivity contribution is 5.86. The summed E-state index contributed by atoms with van der Waals surface area (Å²) < 4.78 is 11.0. The Morgan fingerprint density at radius 3 is 2.30 bits per heavy atom. The van der Waals surface area contributed by atoms with E-state index in [1.165, 1.54) is 13.8 Å². The lowest BCUT2D eigenvalue weighted by atomic mass is 9.79. The van der Waals surface area contributed by atoms with Gasteiger partial charge in [0, 0.05) is 38.5 Å². The van der Waals surface area contributed by atoms with Crippen molar-refractivity contribution < 1.29 is 23.9 Å². The van der Waals surface area contributed by atoms with E-state index in [-0.39, 0.29) is 17.6 Å². The molecule has 5 nitrogen and oxygen atoms in total. The molecule has 0 radical (unpaired) electrons. The van der Waals surface area contributed by atoms with Gasteiger partial charge in [0.25, 0.3) is 5.79 Å². The molecule has 0 aromatic rings. The number of hydrogen-bond donors (Lipinski definition) is 0. The fraction of sp³-hybridized carbons (Fsp3) is 0.800. The number of Topliss-reactive ketones (excluding diaryl/α,β-unsaturated/α-hetero) is 1. The lowest BCUT2D eigenvalue weighted by molar-refractivity contribution is -0.244. The number of fused-ring (bicyclic) bond motifs is 2. The maximum absolute atomic E-state index is 12.3. The zero-order valence-electron chi connectivity index (χ0n) is 11.6. The Labute approximate surface area is 117 Å². The van der Waals surface area contributed by atoms with E-state index in [0.717, 1.165) is 6.42 Å². The second kappa shape index (κ2) is 3.62. The third-order valence-electron chi connectivity index (χ3n) is 5.97. The molecule has 0 aliphatic heterocycles. The van der Waals surface area contributed by atoms with Crippen LogP contribution in [0.3, 0.4) is 0 Å². The average Bonchev–Trinajstić information content (AvgIpc) is 2.92. The molecule has 0 amide bonds. The fourth-order valence-corrected chi connectivity index (χ4v) is 5.86. The van der Waals surface area contributed by atoms with Crippen LogP contribution in [0.15, 0.2) is 0 Å². The minimum Gasteiger partial charge on any atom is -0.422 e. The summed E-state index contributed by atoms with van der Waals surface area (Å²) in [6.45, 7) is 2.66. The summed E-state index contributed by atoms with van der Waals surface area (Å²) in [6, 6.07) is 0. The normalized spacial score (nSPS) is 45.8. The molecule has 0 spiro atoms. The highest BCUT2D eigenvalue weighted by Gasteiger charge is 2.76. The van der Waals surface area contributed by atoms with Crippen LogP contribution in [0.5, 0.6) is 0 Å². The first kappa shape index (κ1) is 12.4. The summed E-state index contributed by atoms with van der Waals surface area (Å²) in [5.74, 6) is -0.392. The van der Waals surface area contributed by atoms with Gasteiger partial charge in [0.15, 0.2) is 0 Å². The number of carbonyl (C=O) groups is 3. The van der Waals surface area contributed by atoms with Crippen LogP contribution in [-0.4, -0.2) is 23.5 Å². The summed E-state index contributed by atoms with van der Waals surface area (Å²) in [5.41, 5.74) is 0. The lowest BCUT2D eigenvalue weighted by Gasteiger charge is -2.35. The van der Waals surface area contributed by atoms with E-state index in [0.29, 0.717) is 36.5 Å². The Kier molecular flexibility index (Phi) is 2.24. The Morgan fingerprint density at radius 1 is 1.05 bits per heavy atom. The first-order valence-corrected chi connectivity index (χ1v) is 7.35. The first-order chi connectivity index (χ1) is 9.43. The van der Waals surface area contributed by atoms with Crippen LogP contribution >= 0.6 is 0 Å². The molecule has 5 heteroatoms. The second-order valence-electron chi connectivity index (χ2n) is 6.82. The van der Waals surface area contributed by atoms with Gasteiger partial charge in [0.2, 0.25) is 0 Å². The molecule has 6 atom stereocenters. The molecule has 0 aromatic heterocycles.